The van der Waals surface area contributed by atoms with Crippen LogP contribution in [0.3, 0.4) is 0 Å². The highest BCUT2D eigenvalue weighted by Gasteiger charge is 2.17. The summed E-state index contributed by atoms with van der Waals surface area (Å²) < 4.78 is 6.55. The third-order valence-corrected chi connectivity index (χ3v) is 3.88. The van der Waals surface area contributed by atoms with Gasteiger partial charge >= 0.3 is 0 Å². The second-order valence-electron chi connectivity index (χ2n) is 5.26. The van der Waals surface area contributed by atoms with Crippen molar-refractivity contribution in [3.63, 3.8) is 0 Å². The van der Waals surface area contributed by atoms with Gasteiger partial charge in [0, 0.05) is 43.5 Å². The fourth-order valence-corrected chi connectivity index (χ4v) is 2.91. The van der Waals surface area contributed by atoms with Gasteiger partial charge in [0.2, 0.25) is 5.95 Å². The Kier molecular flexibility index (Phi) is 3.71. The molecule has 0 aliphatic carbocycles. The van der Waals surface area contributed by atoms with E-state index in [1.165, 1.54) is 5.56 Å². The number of aryl methyl sites for hydroxylation is 1. The van der Waals surface area contributed by atoms with Gasteiger partial charge in [0.15, 0.2) is 0 Å². The van der Waals surface area contributed by atoms with E-state index in [1.807, 2.05) is 38.1 Å². The molecular formula is C15H17BrN4O. The molecule has 0 amide bonds. The van der Waals surface area contributed by atoms with Gasteiger partial charge in [0.1, 0.15) is 11.6 Å². The van der Waals surface area contributed by atoms with Crippen LogP contribution >= 0.6 is 15.9 Å². The molecule has 0 saturated carbocycles. The van der Waals surface area contributed by atoms with Gasteiger partial charge in [-0.2, -0.15) is 4.98 Å². The zero-order valence-corrected chi connectivity index (χ0v) is 13.9. The third kappa shape index (κ3) is 2.95. The van der Waals surface area contributed by atoms with Gasteiger partial charge < -0.3 is 15.0 Å². The summed E-state index contributed by atoms with van der Waals surface area (Å²) in [5.74, 6) is 2.43. The molecule has 0 bridgehead atoms. The first kappa shape index (κ1) is 14.1. The number of ether oxygens (including phenoxy) is 1. The lowest BCUT2D eigenvalue weighted by molar-refractivity contribution is 0.355. The van der Waals surface area contributed by atoms with Crippen LogP contribution in [0.1, 0.15) is 11.3 Å². The van der Waals surface area contributed by atoms with E-state index in [4.69, 9.17) is 4.74 Å². The van der Waals surface area contributed by atoms with Crippen molar-refractivity contribution in [2.45, 2.75) is 13.3 Å². The summed E-state index contributed by atoms with van der Waals surface area (Å²) in [6.45, 7) is 2.70. The van der Waals surface area contributed by atoms with E-state index in [9.17, 15) is 0 Å². The highest BCUT2D eigenvalue weighted by Crippen LogP contribution is 2.37. The second kappa shape index (κ2) is 5.52. The quantitative estimate of drug-likeness (QED) is 0.922. The molecule has 0 saturated heterocycles. The molecule has 6 heteroatoms. The maximum Gasteiger partial charge on any atom is 0.229 e. The molecule has 1 aromatic heterocycles. The molecule has 110 valence electrons. The molecule has 0 fully saturated rings. The summed E-state index contributed by atoms with van der Waals surface area (Å²) >= 11 is 3.55. The topological polar surface area (TPSA) is 50.3 Å². The van der Waals surface area contributed by atoms with Gasteiger partial charge in [-0.3, -0.25) is 0 Å². The zero-order valence-electron chi connectivity index (χ0n) is 12.3. The first-order valence-electron chi connectivity index (χ1n) is 6.78. The van der Waals surface area contributed by atoms with Crippen molar-refractivity contribution in [1.29, 1.82) is 0 Å². The number of aromatic nitrogens is 2. The fourth-order valence-electron chi connectivity index (χ4n) is 2.30. The SMILES string of the molecule is Cc1cc(N(C)C)nc(Nc2cc(Br)c3c(c2)CCO3)n1. The normalized spacial score (nSPS) is 12.8. The van der Waals surface area contributed by atoms with Gasteiger partial charge in [-0.1, -0.05) is 0 Å². The Morgan fingerprint density at radius 2 is 2.05 bits per heavy atom. The highest BCUT2D eigenvalue weighted by atomic mass is 79.9. The van der Waals surface area contributed by atoms with Crippen molar-refractivity contribution >= 4 is 33.4 Å². The van der Waals surface area contributed by atoms with Crippen molar-refractivity contribution < 1.29 is 4.74 Å². The number of nitrogens with zero attached hydrogens (tertiary/aromatic N) is 3. The maximum absolute atomic E-state index is 5.59. The van der Waals surface area contributed by atoms with E-state index >= 15 is 0 Å². The molecule has 1 N–H and O–H groups in total. The summed E-state index contributed by atoms with van der Waals surface area (Å²) in [5.41, 5.74) is 3.09. The molecule has 5 nitrogen and oxygen atoms in total. The van der Waals surface area contributed by atoms with Crippen LogP contribution in [0.5, 0.6) is 5.75 Å². The summed E-state index contributed by atoms with van der Waals surface area (Å²) in [5, 5.41) is 3.28. The number of rotatable bonds is 3. The van der Waals surface area contributed by atoms with Crippen LogP contribution in [0.25, 0.3) is 0 Å². The van der Waals surface area contributed by atoms with E-state index < -0.39 is 0 Å². The van der Waals surface area contributed by atoms with Crippen LogP contribution in [0.4, 0.5) is 17.5 Å². The van der Waals surface area contributed by atoms with E-state index in [1.54, 1.807) is 0 Å². The molecule has 0 unspecified atom stereocenters. The predicted molar refractivity (Wildman–Crippen MR) is 87.7 cm³/mol. The zero-order chi connectivity index (χ0) is 15.0. The molecule has 2 heterocycles. The molecule has 0 spiro atoms. The van der Waals surface area contributed by atoms with E-state index in [0.29, 0.717) is 5.95 Å². The minimum absolute atomic E-state index is 0.601. The number of hydrogen-bond acceptors (Lipinski definition) is 5. The Balaban J connectivity index is 1.92. The molecule has 3 rings (SSSR count). The van der Waals surface area contributed by atoms with Gasteiger partial charge in [-0.05, 0) is 35.0 Å². The number of halogens is 1. The van der Waals surface area contributed by atoms with Crippen molar-refractivity contribution in [2.24, 2.45) is 0 Å². The van der Waals surface area contributed by atoms with E-state index in [-0.39, 0.29) is 0 Å². The number of fused-ring (bicyclic) bond motifs is 1. The monoisotopic (exact) mass is 348 g/mol. The number of anilines is 3. The third-order valence-electron chi connectivity index (χ3n) is 3.29. The van der Waals surface area contributed by atoms with Gasteiger partial charge in [0.05, 0.1) is 11.1 Å². The van der Waals surface area contributed by atoms with Gasteiger partial charge in [-0.15, -0.1) is 0 Å². The van der Waals surface area contributed by atoms with Crippen LogP contribution in [0.15, 0.2) is 22.7 Å². The van der Waals surface area contributed by atoms with Crippen molar-refractivity contribution in [1.82, 2.24) is 9.97 Å². The minimum Gasteiger partial charge on any atom is -0.492 e. The van der Waals surface area contributed by atoms with Crippen LogP contribution in [0, 0.1) is 6.92 Å². The fraction of sp³-hybridized carbons (Fsp3) is 0.333. The molecule has 2 aromatic rings. The van der Waals surface area contributed by atoms with Crippen molar-refractivity contribution in [2.75, 3.05) is 30.9 Å². The molecule has 0 atom stereocenters. The number of benzene rings is 1. The Bertz CT molecular complexity index is 688. The Morgan fingerprint density at radius 1 is 1.24 bits per heavy atom. The summed E-state index contributed by atoms with van der Waals surface area (Å²) in [4.78, 5) is 10.9. The van der Waals surface area contributed by atoms with Crippen LogP contribution < -0.4 is 15.0 Å². The average Bonchev–Trinajstić information content (AvgIpc) is 2.86. The molecule has 21 heavy (non-hydrogen) atoms. The number of nitrogens with one attached hydrogen (secondary N) is 1. The lowest BCUT2D eigenvalue weighted by Crippen LogP contribution is -2.12. The Hall–Kier alpha value is -1.82. The first-order chi connectivity index (χ1) is 10.0. The smallest absolute Gasteiger partial charge is 0.229 e. The first-order valence-corrected chi connectivity index (χ1v) is 7.57. The van der Waals surface area contributed by atoms with Crippen LogP contribution in [-0.4, -0.2) is 30.7 Å². The van der Waals surface area contributed by atoms with Crippen LogP contribution in [0.2, 0.25) is 0 Å². The lowest BCUT2D eigenvalue weighted by Gasteiger charge is -2.14. The molecule has 1 aliphatic rings. The van der Waals surface area contributed by atoms with Crippen molar-refractivity contribution in [3.05, 3.63) is 33.9 Å². The predicted octanol–water partition coefficient (Wildman–Crippen LogP) is 3.29. The summed E-state index contributed by atoms with van der Waals surface area (Å²) in [7, 11) is 3.93. The lowest BCUT2D eigenvalue weighted by atomic mass is 10.1. The minimum atomic E-state index is 0.601. The molecule has 1 aromatic carbocycles. The standard InChI is InChI=1S/C15H17BrN4O/c1-9-6-13(20(2)3)19-15(17-9)18-11-7-10-4-5-21-14(10)12(16)8-11/h6-8H,4-5H2,1-3H3,(H,17,18,19). The molecular weight excluding hydrogens is 332 g/mol. The number of hydrogen-bond donors (Lipinski definition) is 1. The summed E-state index contributed by atoms with van der Waals surface area (Å²) in [6, 6.07) is 6.04. The maximum atomic E-state index is 5.59. The highest BCUT2D eigenvalue weighted by molar-refractivity contribution is 9.10. The largest absolute Gasteiger partial charge is 0.492 e. The average molecular weight is 349 g/mol. The summed E-state index contributed by atoms with van der Waals surface area (Å²) in [6.07, 6.45) is 0.932. The molecule has 0 radical (unpaired) electrons. The Labute approximate surface area is 132 Å². The Morgan fingerprint density at radius 3 is 2.81 bits per heavy atom. The van der Waals surface area contributed by atoms with E-state index in [2.05, 4.69) is 37.3 Å². The van der Waals surface area contributed by atoms with E-state index in [0.717, 1.165) is 40.4 Å². The van der Waals surface area contributed by atoms with Crippen LogP contribution in [-0.2, 0) is 6.42 Å². The second-order valence-corrected chi connectivity index (χ2v) is 6.11. The van der Waals surface area contributed by atoms with Gasteiger partial charge in [0.25, 0.3) is 0 Å². The molecule has 1 aliphatic heterocycles. The van der Waals surface area contributed by atoms with Crippen molar-refractivity contribution in [3.8, 4) is 5.75 Å². The van der Waals surface area contributed by atoms with Gasteiger partial charge in [-0.25, -0.2) is 4.98 Å².